The predicted octanol–water partition coefficient (Wildman–Crippen LogP) is 2.57. The number of benzene rings is 2. The van der Waals surface area contributed by atoms with Crippen LogP contribution >= 0.6 is 23.2 Å². The fraction of sp³-hybridized carbons (Fsp3) is 0.235. The first-order valence-electron chi connectivity index (χ1n) is 7.06. The van der Waals surface area contributed by atoms with Gasteiger partial charge < -0.3 is 10.2 Å². The molecule has 0 spiro atoms. The lowest BCUT2D eigenvalue weighted by Gasteiger charge is -2.13. The lowest BCUT2D eigenvalue weighted by atomic mass is 10.1. The monoisotopic (exact) mass is 337 g/mol. The molecule has 2 N–H and O–H groups in total. The predicted molar refractivity (Wildman–Crippen MR) is 90.6 cm³/mol. The van der Waals surface area contributed by atoms with Crippen LogP contribution in [0.3, 0.4) is 0 Å². The van der Waals surface area contributed by atoms with Gasteiger partial charge in [0.05, 0.1) is 24.1 Å². The van der Waals surface area contributed by atoms with E-state index in [1.807, 2.05) is 18.2 Å². The first-order chi connectivity index (χ1) is 10.5. The van der Waals surface area contributed by atoms with E-state index < -0.39 is 0 Å². The van der Waals surface area contributed by atoms with Gasteiger partial charge in [-0.05, 0) is 23.8 Å². The second-order valence-corrected chi connectivity index (χ2v) is 6.28. The van der Waals surface area contributed by atoms with Crippen molar-refractivity contribution in [2.45, 2.75) is 13.1 Å². The van der Waals surface area contributed by atoms with Crippen molar-refractivity contribution in [2.75, 3.05) is 14.1 Å². The molecule has 1 amide bonds. The van der Waals surface area contributed by atoms with Crippen LogP contribution in [0, 0.1) is 0 Å². The third-order valence-corrected chi connectivity index (χ3v) is 4.02. The van der Waals surface area contributed by atoms with E-state index in [0.717, 1.165) is 12.1 Å². The molecule has 0 aromatic heterocycles. The molecule has 0 aliphatic carbocycles. The topological polar surface area (TPSA) is 33.5 Å². The molecule has 0 aliphatic heterocycles. The van der Waals surface area contributed by atoms with Crippen molar-refractivity contribution in [3.8, 4) is 0 Å². The van der Waals surface area contributed by atoms with E-state index in [-0.39, 0.29) is 5.91 Å². The van der Waals surface area contributed by atoms with Gasteiger partial charge in [-0.2, -0.15) is 0 Å². The Morgan fingerprint density at radius 2 is 1.73 bits per heavy atom. The highest BCUT2D eigenvalue weighted by Gasteiger charge is 2.10. The highest BCUT2D eigenvalue weighted by Crippen LogP contribution is 2.22. The van der Waals surface area contributed by atoms with Gasteiger partial charge in [-0.1, -0.05) is 47.5 Å². The minimum atomic E-state index is -0.162. The zero-order valence-electron chi connectivity index (χ0n) is 12.6. The number of halogens is 2. The van der Waals surface area contributed by atoms with Gasteiger partial charge in [0, 0.05) is 17.7 Å². The largest absolute Gasteiger partial charge is 0.348 e. The number of rotatable bonds is 5. The van der Waals surface area contributed by atoms with E-state index in [0.29, 0.717) is 22.2 Å². The highest BCUT2D eigenvalue weighted by atomic mass is 35.5. The quantitative estimate of drug-likeness (QED) is 0.863. The number of amides is 1. The van der Waals surface area contributed by atoms with Crippen LogP contribution in [-0.4, -0.2) is 20.0 Å². The van der Waals surface area contributed by atoms with Gasteiger partial charge in [-0.3, -0.25) is 4.79 Å². The first-order valence-corrected chi connectivity index (χ1v) is 7.82. The molecule has 0 unspecified atom stereocenters. The van der Waals surface area contributed by atoms with Crippen LogP contribution in [-0.2, 0) is 13.1 Å². The molecule has 0 heterocycles. The number of carbonyl (C=O) groups is 1. The van der Waals surface area contributed by atoms with E-state index in [1.165, 1.54) is 10.5 Å². The van der Waals surface area contributed by atoms with Crippen molar-refractivity contribution < 1.29 is 9.69 Å². The second kappa shape index (κ2) is 7.63. The molecule has 2 rings (SSSR count). The molecule has 116 valence electrons. The van der Waals surface area contributed by atoms with Crippen LogP contribution in [0.4, 0.5) is 0 Å². The van der Waals surface area contributed by atoms with Crippen LogP contribution in [0.2, 0.25) is 10.0 Å². The van der Waals surface area contributed by atoms with Gasteiger partial charge in [0.25, 0.3) is 5.91 Å². The standard InChI is InChI=1S/C17H18Cl2N2O/c1-21(2)11-14-6-4-3-5-13(14)10-20-17(22)12-7-8-15(18)16(19)9-12/h3-9H,10-11H2,1-2H3,(H,20,22)/p+1. The third-order valence-electron chi connectivity index (χ3n) is 3.28. The van der Waals surface area contributed by atoms with E-state index in [2.05, 4.69) is 25.5 Å². The Morgan fingerprint density at radius 3 is 2.36 bits per heavy atom. The van der Waals surface area contributed by atoms with Crippen molar-refractivity contribution in [1.29, 1.82) is 0 Å². The minimum Gasteiger partial charge on any atom is -0.348 e. The van der Waals surface area contributed by atoms with Gasteiger partial charge in [-0.15, -0.1) is 0 Å². The summed E-state index contributed by atoms with van der Waals surface area (Å²) in [5.74, 6) is -0.162. The molecule has 0 fully saturated rings. The fourth-order valence-corrected chi connectivity index (χ4v) is 2.50. The zero-order valence-corrected chi connectivity index (χ0v) is 14.1. The SMILES string of the molecule is C[NH+](C)Cc1ccccc1CNC(=O)c1ccc(Cl)c(Cl)c1. The molecular formula is C17H19Cl2N2O+. The summed E-state index contributed by atoms with van der Waals surface area (Å²) in [5.41, 5.74) is 2.86. The Morgan fingerprint density at radius 1 is 1.05 bits per heavy atom. The van der Waals surface area contributed by atoms with Gasteiger partial charge in [-0.25, -0.2) is 0 Å². The summed E-state index contributed by atoms with van der Waals surface area (Å²) in [6.45, 7) is 1.40. The summed E-state index contributed by atoms with van der Waals surface area (Å²) >= 11 is 11.8. The summed E-state index contributed by atoms with van der Waals surface area (Å²) in [4.78, 5) is 13.5. The molecular weight excluding hydrogens is 319 g/mol. The summed E-state index contributed by atoms with van der Waals surface area (Å²) < 4.78 is 0. The maximum absolute atomic E-state index is 12.2. The van der Waals surface area contributed by atoms with Crippen LogP contribution in [0.25, 0.3) is 0 Å². The third kappa shape index (κ3) is 4.47. The fourth-order valence-electron chi connectivity index (χ4n) is 2.20. The molecule has 0 radical (unpaired) electrons. The zero-order chi connectivity index (χ0) is 16.1. The Hall–Kier alpha value is -1.55. The summed E-state index contributed by atoms with van der Waals surface area (Å²) in [6.07, 6.45) is 0. The average Bonchev–Trinajstić information content (AvgIpc) is 2.48. The normalized spacial score (nSPS) is 10.8. The van der Waals surface area contributed by atoms with Crippen molar-refractivity contribution >= 4 is 29.1 Å². The van der Waals surface area contributed by atoms with Crippen molar-refractivity contribution in [1.82, 2.24) is 5.32 Å². The molecule has 22 heavy (non-hydrogen) atoms. The molecule has 0 saturated carbocycles. The maximum Gasteiger partial charge on any atom is 0.251 e. The molecule has 5 heteroatoms. The number of nitrogens with one attached hydrogen (secondary N) is 2. The van der Waals surface area contributed by atoms with E-state index in [9.17, 15) is 4.79 Å². The molecule has 2 aromatic carbocycles. The summed E-state index contributed by atoms with van der Waals surface area (Å²) in [6, 6.07) is 13.0. The molecule has 0 aliphatic rings. The van der Waals surface area contributed by atoms with Gasteiger partial charge >= 0.3 is 0 Å². The average molecular weight is 338 g/mol. The number of hydrogen-bond donors (Lipinski definition) is 2. The summed E-state index contributed by atoms with van der Waals surface area (Å²) in [5, 5.41) is 3.75. The number of carbonyl (C=O) groups excluding carboxylic acids is 1. The minimum absolute atomic E-state index is 0.162. The van der Waals surface area contributed by atoms with Gasteiger partial charge in [0.15, 0.2) is 0 Å². The Balaban J connectivity index is 2.06. The van der Waals surface area contributed by atoms with Crippen LogP contribution < -0.4 is 10.2 Å². The Kier molecular flexibility index (Phi) is 5.83. The highest BCUT2D eigenvalue weighted by molar-refractivity contribution is 6.42. The van der Waals surface area contributed by atoms with Gasteiger partial charge in [0.2, 0.25) is 0 Å². The van der Waals surface area contributed by atoms with E-state index in [4.69, 9.17) is 23.2 Å². The number of hydrogen-bond acceptors (Lipinski definition) is 1. The van der Waals surface area contributed by atoms with Crippen LogP contribution in [0.1, 0.15) is 21.5 Å². The van der Waals surface area contributed by atoms with Crippen molar-refractivity contribution in [2.24, 2.45) is 0 Å². The van der Waals surface area contributed by atoms with E-state index >= 15 is 0 Å². The van der Waals surface area contributed by atoms with Crippen molar-refractivity contribution in [3.05, 3.63) is 69.2 Å². The summed E-state index contributed by atoms with van der Waals surface area (Å²) in [7, 11) is 4.20. The lowest BCUT2D eigenvalue weighted by Crippen LogP contribution is -3.04. The lowest BCUT2D eigenvalue weighted by molar-refractivity contribution is -0.872. The molecule has 0 bridgehead atoms. The van der Waals surface area contributed by atoms with Crippen molar-refractivity contribution in [3.63, 3.8) is 0 Å². The molecule has 0 saturated heterocycles. The first kappa shape index (κ1) is 16.8. The van der Waals surface area contributed by atoms with E-state index in [1.54, 1.807) is 18.2 Å². The molecule has 3 nitrogen and oxygen atoms in total. The Bertz CT molecular complexity index is 671. The Labute approximate surface area is 140 Å². The second-order valence-electron chi connectivity index (χ2n) is 5.46. The van der Waals surface area contributed by atoms with Gasteiger partial charge in [0.1, 0.15) is 6.54 Å². The maximum atomic E-state index is 12.2. The van der Waals surface area contributed by atoms with Crippen LogP contribution in [0.15, 0.2) is 42.5 Å². The molecule has 2 aromatic rings. The molecule has 0 atom stereocenters. The number of quaternary nitrogens is 1. The smallest absolute Gasteiger partial charge is 0.251 e. The van der Waals surface area contributed by atoms with Crippen LogP contribution in [0.5, 0.6) is 0 Å².